The van der Waals surface area contributed by atoms with Crippen LogP contribution in [0, 0.1) is 13.8 Å². The van der Waals surface area contributed by atoms with Crippen molar-refractivity contribution in [2.45, 2.75) is 13.8 Å². The molecule has 0 spiro atoms. The highest BCUT2D eigenvalue weighted by molar-refractivity contribution is 6.23. The molecule has 0 unspecified atom stereocenters. The topological polar surface area (TPSA) is 35.6 Å². The summed E-state index contributed by atoms with van der Waals surface area (Å²) in [4.78, 5) is 10.8. The molecular weight excluding hydrogens is 1110 g/mol. The summed E-state index contributed by atoms with van der Waals surface area (Å²) >= 11 is 0. The third-order valence-electron chi connectivity index (χ3n) is 19.0. The van der Waals surface area contributed by atoms with E-state index in [0.717, 1.165) is 67.3 Å². The fourth-order valence-electron chi connectivity index (χ4n) is 14.9. The summed E-state index contributed by atoms with van der Waals surface area (Å²) in [5.74, 6) is 1.84. The Hall–Kier alpha value is -12.0. The molecule has 0 saturated heterocycles. The first-order valence-corrected chi connectivity index (χ1v) is 31.7. The van der Waals surface area contributed by atoms with Crippen LogP contribution in [0.2, 0.25) is 0 Å². The third kappa shape index (κ3) is 8.60. The molecule has 430 valence electrons. The number of aryl methyl sites for hydroxylation is 2. The number of aromatic nitrogens is 4. The van der Waals surface area contributed by atoms with E-state index in [-0.39, 0.29) is 0 Å². The van der Waals surface area contributed by atoms with Crippen LogP contribution in [-0.2, 0) is 0 Å². The Kier molecular flexibility index (Phi) is 12.3. The third-order valence-corrected chi connectivity index (χ3v) is 19.0. The summed E-state index contributed by atoms with van der Waals surface area (Å²) in [5, 5.41) is 14.7. The normalized spacial score (nSPS) is 11.8. The van der Waals surface area contributed by atoms with Gasteiger partial charge in [-0.2, -0.15) is 0 Å². The first-order chi connectivity index (χ1) is 45.5. The quantitative estimate of drug-likeness (QED) is 0.135. The van der Waals surface area contributed by atoms with Crippen LogP contribution in [0.4, 0.5) is 0 Å². The van der Waals surface area contributed by atoms with Gasteiger partial charge in [-0.05, 0) is 200 Å². The number of fused-ring (bicyclic) bond motifs is 8. The van der Waals surface area contributed by atoms with Gasteiger partial charge in [-0.1, -0.05) is 255 Å². The molecule has 0 aliphatic rings. The van der Waals surface area contributed by atoms with Crippen LogP contribution in [0.5, 0.6) is 0 Å². The first-order valence-electron chi connectivity index (χ1n) is 31.7. The van der Waals surface area contributed by atoms with Crippen molar-refractivity contribution in [3.8, 4) is 89.8 Å². The lowest BCUT2D eigenvalue weighted by atomic mass is 9.85. The maximum atomic E-state index is 5.62. The second-order valence-electron chi connectivity index (χ2n) is 24.5. The van der Waals surface area contributed by atoms with Gasteiger partial charge in [0.2, 0.25) is 0 Å². The molecule has 4 heteroatoms. The maximum Gasteiger partial charge on any atom is 0.145 e. The molecular formula is C88H58N4. The molecule has 0 amide bonds. The Morgan fingerprint density at radius 1 is 0.261 bits per heavy atom. The molecule has 2 heterocycles. The van der Waals surface area contributed by atoms with Crippen molar-refractivity contribution in [1.29, 1.82) is 0 Å². The van der Waals surface area contributed by atoms with E-state index in [1.165, 1.54) is 120 Å². The molecule has 18 aromatic rings. The summed E-state index contributed by atoms with van der Waals surface area (Å²) in [6, 6.07) is 116. The minimum absolute atomic E-state index is 0.902. The highest BCUT2D eigenvalue weighted by atomic mass is 15.1. The Bertz CT molecular complexity index is 5880. The van der Waals surface area contributed by atoms with Crippen molar-refractivity contribution in [2.75, 3.05) is 0 Å². The molecule has 0 N–H and O–H groups in total. The highest BCUT2D eigenvalue weighted by Gasteiger charge is 2.23. The van der Waals surface area contributed by atoms with Crippen LogP contribution in [-0.4, -0.2) is 19.1 Å². The first kappa shape index (κ1) is 53.1. The van der Waals surface area contributed by atoms with E-state index in [2.05, 4.69) is 338 Å². The summed E-state index contributed by atoms with van der Waals surface area (Å²) in [6.45, 7) is 4.38. The molecule has 2 aromatic heterocycles. The van der Waals surface area contributed by atoms with E-state index in [1.807, 2.05) is 0 Å². The van der Waals surface area contributed by atoms with Crippen molar-refractivity contribution in [1.82, 2.24) is 19.1 Å². The van der Waals surface area contributed by atoms with Gasteiger partial charge in [-0.3, -0.25) is 9.13 Å². The van der Waals surface area contributed by atoms with Crippen LogP contribution < -0.4 is 0 Å². The zero-order valence-electron chi connectivity index (χ0n) is 50.8. The average molecular weight is 1170 g/mol. The number of hydrogen-bond acceptors (Lipinski definition) is 2. The number of imidazole rings is 2. The van der Waals surface area contributed by atoms with Gasteiger partial charge in [0.1, 0.15) is 11.6 Å². The lowest BCUT2D eigenvalue weighted by Gasteiger charge is -2.18. The number of para-hydroxylation sites is 1. The van der Waals surface area contributed by atoms with E-state index in [1.54, 1.807) is 0 Å². The minimum Gasteiger partial charge on any atom is -0.292 e. The van der Waals surface area contributed by atoms with E-state index in [9.17, 15) is 0 Å². The molecule has 16 aromatic carbocycles. The van der Waals surface area contributed by atoms with Gasteiger partial charge in [-0.15, -0.1) is 0 Å². The fourth-order valence-corrected chi connectivity index (χ4v) is 14.9. The summed E-state index contributed by atoms with van der Waals surface area (Å²) in [5.41, 5.74) is 22.7. The van der Waals surface area contributed by atoms with Gasteiger partial charge in [0, 0.05) is 28.1 Å². The van der Waals surface area contributed by atoms with Crippen LogP contribution in [0.3, 0.4) is 0 Å². The Labute approximate surface area is 532 Å². The molecule has 0 aliphatic carbocycles. The lowest BCUT2D eigenvalue weighted by Crippen LogP contribution is -1.99. The molecule has 0 radical (unpaired) electrons. The second kappa shape index (κ2) is 21.4. The van der Waals surface area contributed by atoms with Crippen molar-refractivity contribution >= 4 is 86.7 Å². The molecule has 0 aliphatic heterocycles. The molecule has 18 rings (SSSR count). The van der Waals surface area contributed by atoms with Gasteiger partial charge < -0.3 is 0 Å². The number of hydrogen-bond donors (Lipinski definition) is 0. The molecule has 92 heavy (non-hydrogen) atoms. The van der Waals surface area contributed by atoms with Gasteiger partial charge in [0.05, 0.1) is 22.1 Å². The van der Waals surface area contributed by atoms with Crippen molar-refractivity contribution < 1.29 is 0 Å². The Morgan fingerprint density at radius 3 is 1.14 bits per heavy atom. The van der Waals surface area contributed by atoms with Crippen LogP contribution in [0.25, 0.3) is 176 Å². The zero-order chi connectivity index (χ0) is 61.0. The number of nitrogens with zero attached hydrogens (tertiary/aromatic N) is 4. The maximum absolute atomic E-state index is 5.62. The minimum atomic E-state index is 0.902. The molecule has 0 saturated carbocycles. The summed E-state index contributed by atoms with van der Waals surface area (Å²) in [7, 11) is 0. The molecule has 0 atom stereocenters. The zero-order valence-corrected chi connectivity index (χ0v) is 50.8. The Balaban J connectivity index is 0.723. The smallest absolute Gasteiger partial charge is 0.145 e. The van der Waals surface area contributed by atoms with Gasteiger partial charge in [0.15, 0.2) is 0 Å². The molecule has 4 nitrogen and oxygen atoms in total. The van der Waals surface area contributed by atoms with Gasteiger partial charge in [0.25, 0.3) is 0 Å². The largest absolute Gasteiger partial charge is 0.292 e. The van der Waals surface area contributed by atoms with Crippen molar-refractivity contribution in [3.05, 3.63) is 327 Å². The number of benzene rings is 16. The van der Waals surface area contributed by atoms with E-state index in [0.29, 0.717) is 0 Å². The molecule has 0 fully saturated rings. The summed E-state index contributed by atoms with van der Waals surface area (Å²) < 4.78 is 4.68. The van der Waals surface area contributed by atoms with Crippen LogP contribution in [0.1, 0.15) is 11.1 Å². The summed E-state index contributed by atoms with van der Waals surface area (Å²) in [6.07, 6.45) is 0. The fraction of sp³-hybridized carbons (Fsp3) is 0.0227. The van der Waals surface area contributed by atoms with Crippen LogP contribution >= 0.6 is 0 Å². The standard InChI is InChI=1S/C88H58N4/c1-55-50-78(85-80(51-55)91(88(90-85)61-24-7-4-8-25-61)68-46-42-58(43-47-68)81-70-27-11-15-31-74(70)83(75-32-16-12-28-71(75)81)66-40-36-57-21-9-10-26-62(57)53-66)65-39-37-64-54-67(41-38-63(64)52-65)84-76-33-17-13-29-72(76)82(73-30-14-18-34-77(73)84)59-44-48-69(49-45-59)92-86-56(2)20-19-35-79(86)89-87(92)60-22-5-3-6-23-60/h3-54H,1-2H3. The lowest BCUT2D eigenvalue weighted by molar-refractivity contribution is 1.10. The van der Waals surface area contributed by atoms with E-state index >= 15 is 0 Å². The van der Waals surface area contributed by atoms with E-state index in [4.69, 9.17) is 9.97 Å². The van der Waals surface area contributed by atoms with Crippen molar-refractivity contribution in [2.24, 2.45) is 0 Å². The predicted octanol–water partition coefficient (Wildman–Crippen LogP) is 23.6. The average Bonchev–Trinajstić information content (AvgIpc) is 0.804. The molecule has 0 bridgehead atoms. The van der Waals surface area contributed by atoms with Crippen LogP contribution in [0.15, 0.2) is 315 Å². The van der Waals surface area contributed by atoms with Gasteiger partial charge >= 0.3 is 0 Å². The monoisotopic (exact) mass is 1170 g/mol. The van der Waals surface area contributed by atoms with Gasteiger partial charge in [-0.25, -0.2) is 9.97 Å². The number of rotatable bonds is 9. The van der Waals surface area contributed by atoms with E-state index < -0.39 is 0 Å². The SMILES string of the molecule is Cc1cc(-c2ccc3cc(-c4c5ccccc5c(-c5ccc(-n6c(-c7ccccc7)nc7cccc(C)c76)cc5)c5ccccc45)ccc3c2)c2nc(-c3ccccc3)n(-c3ccc(-c4c5ccccc5c(-c5ccc6ccccc6c5)c5ccccc45)cc3)c2c1. The predicted molar refractivity (Wildman–Crippen MR) is 388 cm³/mol. The Morgan fingerprint density at radius 2 is 0.641 bits per heavy atom. The second-order valence-corrected chi connectivity index (χ2v) is 24.5. The highest BCUT2D eigenvalue weighted by Crippen LogP contribution is 2.48. The van der Waals surface area contributed by atoms with Crippen molar-refractivity contribution in [3.63, 3.8) is 0 Å².